The number of benzene rings is 4. The molecular formula is C32H29ClN2O5S. The third-order valence-corrected chi connectivity index (χ3v) is 8.62. The van der Waals surface area contributed by atoms with Gasteiger partial charge in [-0.05, 0) is 73.5 Å². The molecular weight excluding hydrogens is 560 g/mol. The van der Waals surface area contributed by atoms with Crippen LogP contribution >= 0.6 is 11.6 Å². The van der Waals surface area contributed by atoms with E-state index in [0.29, 0.717) is 16.3 Å². The Morgan fingerprint density at radius 2 is 1.68 bits per heavy atom. The molecule has 1 heterocycles. The van der Waals surface area contributed by atoms with Gasteiger partial charge in [-0.3, -0.25) is 8.98 Å². The van der Waals surface area contributed by atoms with E-state index in [0.717, 1.165) is 27.6 Å². The molecule has 1 amide bonds. The summed E-state index contributed by atoms with van der Waals surface area (Å²) in [7, 11) is -4.06. The fraction of sp³-hybridized carbons (Fsp3) is 0.156. The van der Waals surface area contributed by atoms with Gasteiger partial charge in [0.15, 0.2) is 0 Å². The molecule has 0 bridgehead atoms. The van der Waals surface area contributed by atoms with Crippen LogP contribution < -0.4 is 5.32 Å². The number of aryl methyl sites for hydroxylation is 2. The summed E-state index contributed by atoms with van der Waals surface area (Å²) in [6.45, 7) is 3.30. The average Bonchev–Trinajstić information content (AvgIpc) is 3.37. The fourth-order valence-electron chi connectivity index (χ4n) is 4.66. The molecule has 210 valence electrons. The van der Waals surface area contributed by atoms with E-state index in [-0.39, 0.29) is 10.8 Å². The Kier molecular flexibility index (Phi) is 8.28. The van der Waals surface area contributed by atoms with Crippen molar-refractivity contribution in [2.45, 2.75) is 30.9 Å². The van der Waals surface area contributed by atoms with Crippen molar-refractivity contribution in [3.63, 3.8) is 0 Å². The maximum Gasteiger partial charge on any atom is 0.297 e. The molecule has 0 aliphatic rings. The fourth-order valence-corrected chi connectivity index (χ4v) is 5.77. The third kappa shape index (κ3) is 6.36. The zero-order chi connectivity index (χ0) is 29.1. The number of fused-ring (bicyclic) bond motifs is 1. The van der Waals surface area contributed by atoms with Crippen LogP contribution in [0.1, 0.15) is 33.1 Å². The minimum Gasteiger partial charge on any atom is -0.388 e. The Hall–Kier alpha value is -3.95. The van der Waals surface area contributed by atoms with Crippen LogP contribution in [0, 0.1) is 13.8 Å². The molecule has 9 heteroatoms. The van der Waals surface area contributed by atoms with E-state index in [9.17, 15) is 18.3 Å². The molecule has 0 spiro atoms. The van der Waals surface area contributed by atoms with E-state index >= 15 is 0 Å². The maximum absolute atomic E-state index is 12.8. The van der Waals surface area contributed by atoms with Gasteiger partial charge in [-0.2, -0.15) is 8.42 Å². The largest absolute Gasteiger partial charge is 0.388 e. The number of amides is 1. The van der Waals surface area contributed by atoms with Crippen LogP contribution in [0.15, 0.2) is 108 Å². The summed E-state index contributed by atoms with van der Waals surface area (Å²) in [4.78, 5) is 12.8. The summed E-state index contributed by atoms with van der Waals surface area (Å²) >= 11 is 6.19. The number of carbonyl (C=O) groups excluding carboxylic acids is 1. The topological polar surface area (TPSA) is 97.6 Å². The molecule has 1 aromatic heterocycles. The molecule has 41 heavy (non-hydrogen) atoms. The van der Waals surface area contributed by atoms with Crippen LogP contribution in [-0.2, 0) is 14.3 Å². The van der Waals surface area contributed by atoms with Crippen molar-refractivity contribution < 1.29 is 22.5 Å². The van der Waals surface area contributed by atoms with E-state index in [1.807, 2.05) is 73.1 Å². The number of carbonyl (C=O) groups is 1. The summed E-state index contributed by atoms with van der Waals surface area (Å²) in [6, 6.07) is 27.5. The van der Waals surface area contributed by atoms with Crippen LogP contribution in [0.4, 0.5) is 5.69 Å². The minimum atomic E-state index is -4.06. The molecule has 5 rings (SSSR count). The summed E-state index contributed by atoms with van der Waals surface area (Å²) in [6.07, 6.45) is 0.629. The van der Waals surface area contributed by atoms with E-state index < -0.39 is 28.9 Å². The van der Waals surface area contributed by atoms with Crippen molar-refractivity contribution in [2.75, 3.05) is 11.9 Å². The Bertz CT molecular complexity index is 1800. The van der Waals surface area contributed by atoms with Gasteiger partial charge in [0.1, 0.15) is 6.10 Å². The van der Waals surface area contributed by atoms with Crippen LogP contribution in [0.2, 0.25) is 5.02 Å². The smallest absolute Gasteiger partial charge is 0.297 e. The summed E-state index contributed by atoms with van der Waals surface area (Å²) in [5, 5.41) is 15.6. The molecule has 0 fully saturated rings. The molecule has 0 saturated carbocycles. The number of anilines is 1. The average molecular weight is 589 g/mol. The lowest BCUT2D eigenvalue weighted by atomic mass is 10.0. The zero-order valence-corrected chi connectivity index (χ0v) is 24.1. The quantitative estimate of drug-likeness (QED) is 0.191. The minimum absolute atomic E-state index is 0.0282. The van der Waals surface area contributed by atoms with Gasteiger partial charge in [0.25, 0.3) is 16.0 Å². The first-order valence-corrected chi connectivity index (χ1v) is 14.8. The lowest BCUT2D eigenvalue weighted by Gasteiger charge is -2.26. The van der Waals surface area contributed by atoms with Gasteiger partial charge in [-0.1, -0.05) is 65.7 Å². The SMILES string of the molecule is Cc1ccc(S(=O)(=O)OC[C@@H](O)[C@H](c2ccccc2)n2ccc3cc(NC(=O)c4ccc(C)c(Cl)c4)ccc32)cc1. The van der Waals surface area contributed by atoms with E-state index in [1.165, 1.54) is 12.1 Å². The number of halogens is 1. The van der Waals surface area contributed by atoms with Gasteiger partial charge < -0.3 is 15.0 Å². The van der Waals surface area contributed by atoms with Gasteiger partial charge in [0.05, 0.1) is 17.5 Å². The molecule has 7 nitrogen and oxygen atoms in total. The van der Waals surface area contributed by atoms with Crippen molar-refractivity contribution >= 4 is 44.2 Å². The van der Waals surface area contributed by atoms with Crippen LogP contribution in [0.25, 0.3) is 10.9 Å². The highest BCUT2D eigenvalue weighted by atomic mass is 35.5. The number of hydrogen-bond donors (Lipinski definition) is 2. The highest BCUT2D eigenvalue weighted by molar-refractivity contribution is 7.86. The predicted molar refractivity (Wildman–Crippen MR) is 161 cm³/mol. The van der Waals surface area contributed by atoms with Crippen LogP contribution in [-0.4, -0.2) is 36.7 Å². The lowest BCUT2D eigenvalue weighted by Crippen LogP contribution is -2.30. The first-order valence-electron chi connectivity index (χ1n) is 13.0. The third-order valence-electron chi connectivity index (χ3n) is 6.92. The Morgan fingerprint density at radius 3 is 2.39 bits per heavy atom. The number of hydrogen-bond acceptors (Lipinski definition) is 5. The standard InChI is InChI=1S/C32H29ClN2O5S/c1-21-8-13-27(14-9-21)41(38,39)40-20-30(36)31(23-6-4-3-5-7-23)35-17-16-24-18-26(12-15-29(24)35)34-32(37)25-11-10-22(2)28(33)19-25/h3-19,30-31,36H,20H2,1-2H3,(H,34,37)/t30-,31+/m1/s1. The Balaban J connectivity index is 1.40. The number of aliphatic hydroxyl groups is 1. The molecule has 5 aromatic rings. The molecule has 0 aliphatic carbocycles. The second-order valence-electron chi connectivity index (χ2n) is 9.89. The second-order valence-corrected chi connectivity index (χ2v) is 11.9. The number of aromatic nitrogens is 1. The first kappa shape index (κ1) is 28.6. The van der Waals surface area contributed by atoms with Crippen molar-refractivity contribution in [1.82, 2.24) is 4.57 Å². The van der Waals surface area contributed by atoms with Gasteiger partial charge >= 0.3 is 0 Å². The Morgan fingerprint density at radius 1 is 0.951 bits per heavy atom. The predicted octanol–water partition coefficient (Wildman–Crippen LogP) is 6.52. The maximum atomic E-state index is 12.8. The lowest BCUT2D eigenvalue weighted by molar-refractivity contribution is 0.0785. The molecule has 2 N–H and O–H groups in total. The van der Waals surface area contributed by atoms with Gasteiger partial charge in [0, 0.05) is 33.4 Å². The monoisotopic (exact) mass is 588 g/mol. The van der Waals surface area contributed by atoms with Gasteiger partial charge in [0.2, 0.25) is 0 Å². The van der Waals surface area contributed by atoms with Crippen molar-refractivity contribution in [3.05, 3.63) is 131 Å². The van der Waals surface area contributed by atoms with Gasteiger partial charge in [-0.15, -0.1) is 0 Å². The van der Waals surface area contributed by atoms with Crippen LogP contribution in [0.5, 0.6) is 0 Å². The molecule has 4 aromatic carbocycles. The summed E-state index contributed by atoms with van der Waals surface area (Å²) in [5.74, 6) is -0.282. The Labute approximate surface area is 244 Å². The van der Waals surface area contributed by atoms with Crippen LogP contribution in [0.3, 0.4) is 0 Å². The normalized spacial score (nSPS) is 13.2. The molecule has 2 atom stereocenters. The number of nitrogens with one attached hydrogen (secondary N) is 1. The number of rotatable bonds is 9. The molecule has 0 radical (unpaired) electrons. The van der Waals surface area contributed by atoms with Crippen molar-refractivity contribution in [1.29, 1.82) is 0 Å². The van der Waals surface area contributed by atoms with E-state index in [2.05, 4.69) is 5.32 Å². The van der Waals surface area contributed by atoms with Gasteiger partial charge in [-0.25, -0.2) is 0 Å². The summed E-state index contributed by atoms with van der Waals surface area (Å²) in [5.41, 5.74) is 4.43. The van der Waals surface area contributed by atoms with E-state index in [1.54, 1.807) is 36.4 Å². The van der Waals surface area contributed by atoms with E-state index in [4.69, 9.17) is 15.8 Å². The zero-order valence-electron chi connectivity index (χ0n) is 22.5. The molecule has 0 aliphatic heterocycles. The molecule has 0 unspecified atom stereocenters. The summed E-state index contributed by atoms with van der Waals surface area (Å²) < 4.78 is 32.8. The van der Waals surface area contributed by atoms with Crippen molar-refractivity contribution in [3.8, 4) is 0 Å². The number of aliphatic hydroxyl groups excluding tert-OH is 1. The number of nitrogens with zero attached hydrogens (tertiary/aromatic N) is 1. The highest BCUT2D eigenvalue weighted by Crippen LogP contribution is 2.30. The molecule has 0 saturated heterocycles. The highest BCUT2D eigenvalue weighted by Gasteiger charge is 2.27. The second kappa shape index (κ2) is 11.9. The van der Waals surface area contributed by atoms with Crippen molar-refractivity contribution in [2.24, 2.45) is 0 Å². The first-order chi connectivity index (χ1) is 19.6.